The molecule has 7 heteroatoms. The summed E-state index contributed by atoms with van der Waals surface area (Å²) in [5.41, 5.74) is 0.581. The van der Waals surface area contributed by atoms with Crippen molar-refractivity contribution >= 4 is 11.3 Å². The molecule has 0 radical (unpaired) electrons. The summed E-state index contributed by atoms with van der Waals surface area (Å²) in [6, 6.07) is 1.59. The lowest BCUT2D eigenvalue weighted by Gasteiger charge is -2.19. The van der Waals surface area contributed by atoms with Crippen LogP contribution in [-0.2, 0) is 11.3 Å². The lowest BCUT2D eigenvalue weighted by atomic mass is 10.3. The number of alkyl halides is 5. The van der Waals surface area contributed by atoms with E-state index in [1.807, 2.05) is 0 Å². The second kappa shape index (κ2) is 4.44. The number of hydrogen-bond acceptors (Lipinski definition) is 2. The van der Waals surface area contributed by atoms with Gasteiger partial charge in [-0.15, -0.1) is 0 Å². The molecule has 0 aliphatic heterocycles. The van der Waals surface area contributed by atoms with E-state index in [2.05, 4.69) is 4.74 Å². The van der Waals surface area contributed by atoms with Gasteiger partial charge in [-0.1, -0.05) is 0 Å². The maximum absolute atomic E-state index is 12.3. The smallest absolute Gasteiger partial charge is 0.370 e. The second-order valence-electron chi connectivity index (χ2n) is 2.83. The van der Waals surface area contributed by atoms with Crippen LogP contribution in [0.15, 0.2) is 16.8 Å². The third-order valence-electron chi connectivity index (χ3n) is 1.55. The van der Waals surface area contributed by atoms with Gasteiger partial charge in [0.25, 0.3) is 0 Å². The van der Waals surface area contributed by atoms with Gasteiger partial charge in [-0.2, -0.15) is 33.3 Å². The van der Waals surface area contributed by atoms with Gasteiger partial charge in [-0.05, 0) is 22.4 Å². The Balaban J connectivity index is 2.37. The first-order valence-corrected chi connectivity index (χ1v) is 4.80. The largest absolute Gasteiger partial charge is 0.455 e. The topological polar surface area (TPSA) is 9.23 Å². The molecule has 1 aromatic heterocycles. The van der Waals surface area contributed by atoms with Crippen LogP contribution < -0.4 is 0 Å². The van der Waals surface area contributed by atoms with Crippen molar-refractivity contribution in [3.8, 4) is 0 Å². The number of rotatable bonds is 4. The van der Waals surface area contributed by atoms with Crippen molar-refractivity contribution in [3.63, 3.8) is 0 Å². The van der Waals surface area contributed by atoms with Gasteiger partial charge in [-0.3, -0.25) is 0 Å². The minimum absolute atomic E-state index is 0.241. The fourth-order valence-electron chi connectivity index (χ4n) is 0.754. The normalized spacial score (nSPS) is 13.1. The Bertz CT molecular complexity index is 292. The molecule has 1 aromatic rings. The van der Waals surface area contributed by atoms with Crippen molar-refractivity contribution in [3.05, 3.63) is 22.4 Å². The van der Waals surface area contributed by atoms with Crippen molar-refractivity contribution in [2.45, 2.75) is 18.7 Å². The molecule has 0 fully saturated rings. The molecule has 15 heavy (non-hydrogen) atoms. The van der Waals surface area contributed by atoms with E-state index >= 15 is 0 Å². The maximum atomic E-state index is 12.3. The molecule has 1 heterocycles. The summed E-state index contributed by atoms with van der Waals surface area (Å²) >= 11 is 1.31. The van der Waals surface area contributed by atoms with Crippen LogP contribution in [0.1, 0.15) is 5.56 Å². The molecule has 1 rings (SSSR count). The molecule has 0 N–H and O–H groups in total. The average molecular weight is 246 g/mol. The molecular formula is C8H7F5OS. The van der Waals surface area contributed by atoms with E-state index < -0.39 is 18.7 Å². The molecule has 1 nitrogen and oxygen atoms in total. The van der Waals surface area contributed by atoms with Gasteiger partial charge in [0.05, 0.1) is 6.61 Å². The molecule has 0 saturated carbocycles. The van der Waals surface area contributed by atoms with E-state index in [4.69, 9.17) is 0 Å². The summed E-state index contributed by atoms with van der Waals surface area (Å²) in [5, 5.41) is 3.30. The highest BCUT2D eigenvalue weighted by atomic mass is 32.1. The lowest BCUT2D eigenvalue weighted by molar-refractivity contribution is -0.297. The summed E-state index contributed by atoms with van der Waals surface area (Å²) in [7, 11) is 0. The van der Waals surface area contributed by atoms with E-state index in [1.54, 1.807) is 16.8 Å². The molecular weight excluding hydrogens is 239 g/mol. The Morgan fingerprint density at radius 2 is 1.87 bits per heavy atom. The van der Waals surface area contributed by atoms with Crippen LogP contribution >= 0.6 is 11.3 Å². The predicted octanol–water partition coefficient (Wildman–Crippen LogP) is 3.46. The van der Waals surface area contributed by atoms with Crippen molar-refractivity contribution in [1.29, 1.82) is 0 Å². The molecule has 0 unspecified atom stereocenters. The highest BCUT2D eigenvalue weighted by Crippen LogP contribution is 2.35. The van der Waals surface area contributed by atoms with E-state index in [9.17, 15) is 22.0 Å². The first-order valence-electron chi connectivity index (χ1n) is 3.86. The minimum atomic E-state index is -5.55. The van der Waals surface area contributed by atoms with E-state index in [0.717, 1.165) is 0 Å². The summed E-state index contributed by atoms with van der Waals surface area (Å²) in [4.78, 5) is 0. The van der Waals surface area contributed by atoms with Crippen LogP contribution in [0.3, 0.4) is 0 Å². The number of hydrogen-bond donors (Lipinski definition) is 0. The first-order chi connectivity index (χ1) is 6.83. The molecule has 0 spiro atoms. The van der Waals surface area contributed by atoms with Crippen molar-refractivity contribution < 1.29 is 26.7 Å². The molecule has 0 bridgehead atoms. The highest BCUT2D eigenvalue weighted by Gasteiger charge is 2.57. The zero-order chi connectivity index (χ0) is 11.5. The Morgan fingerprint density at radius 3 is 2.33 bits per heavy atom. The van der Waals surface area contributed by atoms with Gasteiger partial charge in [0.15, 0.2) is 0 Å². The van der Waals surface area contributed by atoms with Crippen molar-refractivity contribution in [2.24, 2.45) is 0 Å². The van der Waals surface area contributed by atoms with Gasteiger partial charge in [0, 0.05) is 0 Å². The van der Waals surface area contributed by atoms with Crippen LogP contribution in [0, 0.1) is 0 Å². The summed E-state index contributed by atoms with van der Waals surface area (Å²) < 4.78 is 63.9. The van der Waals surface area contributed by atoms with Crippen molar-refractivity contribution in [2.75, 3.05) is 6.61 Å². The van der Waals surface area contributed by atoms with Gasteiger partial charge >= 0.3 is 12.1 Å². The minimum Gasteiger partial charge on any atom is -0.370 e. The third kappa shape index (κ3) is 3.42. The Morgan fingerprint density at radius 1 is 1.20 bits per heavy atom. The molecule has 0 saturated heterocycles. The number of ether oxygens (including phenoxy) is 1. The highest BCUT2D eigenvalue weighted by molar-refractivity contribution is 7.07. The van der Waals surface area contributed by atoms with Gasteiger partial charge < -0.3 is 4.74 Å². The fourth-order valence-corrected chi connectivity index (χ4v) is 1.41. The van der Waals surface area contributed by atoms with E-state index in [0.29, 0.717) is 5.56 Å². The third-order valence-corrected chi connectivity index (χ3v) is 2.28. The lowest BCUT2D eigenvalue weighted by Crippen LogP contribution is -2.40. The molecule has 0 amide bonds. The van der Waals surface area contributed by atoms with Crippen LogP contribution in [0.5, 0.6) is 0 Å². The zero-order valence-electron chi connectivity index (χ0n) is 7.35. The van der Waals surface area contributed by atoms with Gasteiger partial charge in [0.1, 0.15) is 6.61 Å². The SMILES string of the molecule is FC(F)(F)C(F)(F)COCc1ccsc1. The summed E-state index contributed by atoms with van der Waals surface area (Å²) in [5.74, 6) is -4.79. The summed E-state index contributed by atoms with van der Waals surface area (Å²) in [6.07, 6.45) is -5.55. The Kier molecular flexibility index (Phi) is 3.67. The Hall–Kier alpha value is -0.690. The van der Waals surface area contributed by atoms with Crippen LogP contribution in [0.4, 0.5) is 22.0 Å². The van der Waals surface area contributed by atoms with E-state index in [1.165, 1.54) is 11.3 Å². The van der Waals surface area contributed by atoms with E-state index in [-0.39, 0.29) is 6.61 Å². The average Bonchev–Trinajstić information content (AvgIpc) is 2.54. The standard InChI is InChI=1S/C8H7F5OS/c9-7(10,8(11,12)13)5-14-3-6-1-2-15-4-6/h1-2,4H,3,5H2. The number of thiophene rings is 1. The predicted molar refractivity (Wildman–Crippen MR) is 45.0 cm³/mol. The van der Waals surface area contributed by atoms with Crippen molar-refractivity contribution in [1.82, 2.24) is 0 Å². The van der Waals surface area contributed by atoms with Crippen LogP contribution in [0.25, 0.3) is 0 Å². The van der Waals surface area contributed by atoms with Gasteiger partial charge in [-0.25, -0.2) is 0 Å². The fraction of sp³-hybridized carbons (Fsp3) is 0.500. The quantitative estimate of drug-likeness (QED) is 0.739. The van der Waals surface area contributed by atoms with Gasteiger partial charge in [0.2, 0.25) is 0 Å². The molecule has 0 aliphatic rings. The number of halogens is 5. The van der Waals surface area contributed by atoms with Crippen LogP contribution in [-0.4, -0.2) is 18.7 Å². The second-order valence-corrected chi connectivity index (χ2v) is 3.61. The maximum Gasteiger partial charge on any atom is 0.455 e. The Labute approximate surface area is 86.5 Å². The molecule has 86 valence electrons. The summed E-state index contributed by atoms with van der Waals surface area (Å²) in [6.45, 7) is -1.89. The molecule has 0 aliphatic carbocycles. The zero-order valence-corrected chi connectivity index (χ0v) is 8.17. The molecule has 0 atom stereocenters. The van der Waals surface area contributed by atoms with Crippen LogP contribution in [0.2, 0.25) is 0 Å². The monoisotopic (exact) mass is 246 g/mol. The first kappa shape index (κ1) is 12.4. The molecule has 0 aromatic carbocycles.